The minimum Gasteiger partial charge on any atom is -0.334 e. The van der Waals surface area contributed by atoms with Gasteiger partial charge in [0.1, 0.15) is 0 Å². The molecule has 0 bridgehead atoms. The van der Waals surface area contributed by atoms with E-state index in [-0.39, 0.29) is 6.04 Å². The van der Waals surface area contributed by atoms with Gasteiger partial charge in [0, 0.05) is 44.9 Å². The van der Waals surface area contributed by atoms with Crippen molar-refractivity contribution in [3.63, 3.8) is 0 Å². The summed E-state index contributed by atoms with van der Waals surface area (Å²) in [7, 11) is 0. The maximum Gasteiger partial charge on any atom is 0.0690 e. The fourth-order valence-electron chi connectivity index (χ4n) is 11.4. The largest absolute Gasteiger partial charge is 0.334 e. The number of aromatic nitrogens is 1. The second-order valence-electron chi connectivity index (χ2n) is 17.2. The van der Waals surface area contributed by atoms with E-state index in [1.165, 1.54) is 72.0 Å². The molecular weight excluding hydrogens is 775 g/mol. The van der Waals surface area contributed by atoms with E-state index >= 15 is 0 Å². The number of benzene rings is 9. The van der Waals surface area contributed by atoms with E-state index < -0.39 is 5.41 Å². The fraction of sp³-hybridized carbons (Fsp3) is 0.0492. The molecule has 3 heteroatoms. The molecule has 1 heterocycles. The average molecular weight is 818 g/mol. The molecule has 0 aliphatic heterocycles. The molecule has 1 spiro atoms. The highest BCUT2D eigenvalue weighted by Gasteiger charge is 2.53. The lowest BCUT2D eigenvalue weighted by molar-refractivity contribution is 0.663. The molecule has 0 N–H and O–H groups in total. The molecule has 0 saturated carbocycles. The van der Waals surface area contributed by atoms with Crippen LogP contribution in [0.4, 0.5) is 28.4 Å². The van der Waals surface area contributed by atoms with Gasteiger partial charge in [0.25, 0.3) is 0 Å². The Kier molecular flexibility index (Phi) is 8.26. The molecule has 1 unspecified atom stereocenters. The van der Waals surface area contributed by atoms with Crippen molar-refractivity contribution in [2.24, 2.45) is 0 Å². The van der Waals surface area contributed by atoms with Gasteiger partial charge in [0.2, 0.25) is 0 Å². The molecule has 3 aliphatic rings. The molecule has 0 fully saturated rings. The lowest BCUT2D eigenvalue weighted by Gasteiger charge is -2.39. The fourth-order valence-corrected chi connectivity index (χ4v) is 11.4. The smallest absolute Gasteiger partial charge is 0.0690 e. The molecule has 64 heavy (non-hydrogen) atoms. The highest BCUT2D eigenvalue weighted by atomic mass is 15.2. The first kappa shape index (κ1) is 36.5. The summed E-state index contributed by atoms with van der Waals surface area (Å²) < 4.78 is 2.43. The van der Waals surface area contributed by atoms with Crippen molar-refractivity contribution >= 4 is 55.8 Å². The molecular formula is C61H43N3. The Hall–Kier alpha value is -8.14. The number of rotatable bonds is 7. The van der Waals surface area contributed by atoms with Crippen molar-refractivity contribution in [1.82, 2.24) is 4.57 Å². The second-order valence-corrected chi connectivity index (χ2v) is 17.2. The van der Waals surface area contributed by atoms with Gasteiger partial charge in [-0.15, -0.1) is 0 Å². The Morgan fingerprint density at radius 1 is 0.406 bits per heavy atom. The molecule has 0 saturated heterocycles. The van der Waals surface area contributed by atoms with Crippen LogP contribution in [0, 0.1) is 0 Å². The van der Waals surface area contributed by atoms with E-state index in [0.29, 0.717) is 0 Å². The molecule has 1 aromatic heterocycles. The zero-order valence-corrected chi connectivity index (χ0v) is 35.2. The average Bonchev–Trinajstić information content (AvgIpc) is 3.97. The van der Waals surface area contributed by atoms with Gasteiger partial charge in [-0.3, -0.25) is 0 Å². The van der Waals surface area contributed by atoms with Crippen LogP contribution in [0.5, 0.6) is 0 Å². The van der Waals surface area contributed by atoms with Gasteiger partial charge in [-0.1, -0.05) is 164 Å². The van der Waals surface area contributed by atoms with Crippen molar-refractivity contribution in [1.29, 1.82) is 0 Å². The first-order valence-electron chi connectivity index (χ1n) is 22.4. The third-order valence-electron chi connectivity index (χ3n) is 13.9. The van der Waals surface area contributed by atoms with Crippen LogP contribution in [0.3, 0.4) is 0 Å². The van der Waals surface area contributed by atoms with Crippen molar-refractivity contribution in [3.05, 3.63) is 271 Å². The lowest BCUT2D eigenvalue weighted by Crippen LogP contribution is -2.36. The van der Waals surface area contributed by atoms with Crippen molar-refractivity contribution < 1.29 is 0 Å². The van der Waals surface area contributed by atoms with Crippen LogP contribution in [0.15, 0.2) is 248 Å². The number of hydrogen-bond acceptors (Lipinski definition) is 2. The summed E-state index contributed by atoms with van der Waals surface area (Å²) in [5.74, 6) is 0. The maximum atomic E-state index is 2.58. The second kappa shape index (κ2) is 14.5. The summed E-state index contributed by atoms with van der Waals surface area (Å²) in [6, 6.07) is 84.8. The predicted octanol–water partition coefficient (Wildman–Crippen LogP) is 15.5. The van der Waals surface area contributed by atoms with Crippen molar-refractivity contribution in [3.8, 4) is 16.8 Å². The molecule has 13 rings (SSSR count). The van der Waals surface area contributed by atoms with E-state index in [1.807, 2.05) is 0 Å². The monoisotopic (exact) mass is 817 g/mol. The van der Waals surface area contributed by atoms with Gasteiger partial charge < -0.3 is 14.4 Å². The zero-order chi connectivity index (χ0) is 42.2. The molecule has 10 aromatic rings. The van der Waals surface area contributed by atoms with Crippen molar-refractivity contribution in [2.45, 2.75) is 17.9 Å². The lowest BCUT2D eigenvalue weighted by atomic mass is 9.67. The van der Waals surface area contributed by atoms with Crippen LogP contribution >= 0.6 is 0 Å². The highest BCUT2D eigenvalue weighted by Crippen LogP contribution is 2.64. The Labute approximate surface area is 373 Å². The van der Waals surface area contributed by atoms with Gasteiger partial charge >= 0.3 is 0 Å². The number of para-hydroxylation sites is 5. The van der Waals surface area contributed by atoms with E-state index in [4.69, 9.17) is 0 Å². The van der Waals surface area contributed by atoms with Crippen LogP contribution in [0.25, 0.3) is 44.2 Å². The summed E-state index contributed by atoms with van der Waals surface area (Å²) in [4.78, 5) is 4.98. The van der Waals surface area contributed by atoms with Crippen molar-refractivity contribution in [2.75, 3.05) is 9.80 Å². The minimum absolute atomic E-state index is 0.0314. The van der Waals surface area contributed by atoms with Gasteiger partial charge in [-0.2, -0.15) is 0 Å². The molecule has 0 radical (unpaired) electrons. The molecule has 3 aliphatic carbocycles. The third kappa shape index (κ3) is 5.34. The topological polar surface area (TPSA) is 11.4 Å². The Morgan fingerprint density at radius 2 is 0.953 bits per heavy atom. The van der Waals surface area contributed by atoms with Gasteiger partial charge in [0.15, 0.2) is 0 Å². The van der Waals surface area contributed by atoms with E-state index in [1.54, 1.807) is 0 Å². The molecule has 302 valence electrons. The SMILES string of the molecule is C1=CC(N(c2ccccc2)c2ccc3c4ccccc4n(-c4ccccc4)c3c2)CC2=C1c1ccc(N(c3ccccc3)c3ccccc3)cc1C21c2ccccc2-c2ccccc21. The number of nitrogens with zero attached hydrogens (tertiary/aromatic N) is 3. The summed E-state index contributed by atoms with van der Waals surface area (Å²) in [6.45, 7) is 0. The van der Waals surface area contributed by atoms with E-state index in [9.17, 15) is 0 Å². The quantitative estimate of drug-likeness (QED) is 0.159. The Balaban J connectivity index is 1.01. The zero-order valence-electron chi connectivity index (χ0n) is 35.2. The molecule has 1 atom stereocenters. The first-order chi connectivity index (χ1) is 31.8. The van der Waals surface area contributed by atoms with Crippen LogP contribution in [0.1, 0.15) is 28.7 Å². The minimum atomic E-state index is -0.484. The van der Waals surface area contributed by atoms with Gasteiger partial charge in [-0.05, 0) is 130 Å². The molecule has 3 nitrogen and oxygen atoms in total. The predicted molar refractivity (Wildman–Crippen MR) is 267 cm³/mol. The number of anilines is 5. The Bertz CT molecular complexity index is 3390. The number of fused-ring (bicyclic) bond motifs is 12. The van der Waals surface area contributed by atoms with Gasteiger partial charge in [0.05, 0.1) is 22.5 Å². The summed E-state index contributed by atoms with van der Waals surface area (Å²) in [5.41, 5.74) is 19.6. The summed E-state index contributed by atoms with van der Waals surface area (Å²) >= 11 is 0. The summed E-state index contributed by atoms with van der Waals surface area (Å²) in [5, 5.41) is 2.51. The normalized spacial score (nSPS) is 15.3. The van der Waals surface area contributed by atoms with Gasteiger partial charge in [-0.25, -0.2) is 0 Å². The maximum absolute atomic E-state index is 2.58. The number of hydrogen-bond donors (Lipinski definition) is 0. The molecule has 9 aromatic carbocycles. The third-order valence-corrected chi connectivity index (χ3v) is 13.9. The van der Waals surface area contributed by atoms with Crippen LogP contribution in [-0.4, -0.2) is 10.6 Å². The van der Waals surface area contributed by atoms with Crippen LogP contribution in [0.2, 0.25) is 0 Å². The van der Waals surface area contributed by atoms with Crippen LogP contribution < -0.4 is 9.80 Å². The van der Waals surface area contributed by atoms with Crippen LogP contribution in [-0.2, 0) is 5.41 Å². The number of allylic oxidation sites excluding steroid dienone is 2. The molecule has 0 amide bonds. The Morgan fingerprint density at radius 3 is 1.62 bits per heavy atom. The standard InChI is InChI=1S/C61H43N3/c1-5-19-42(20-6-1)62(43-21-7-2-8-22-43)46-33-36-51-52-37-34-47(40-58(52)61(57(51)39-46)55-30-16-13-27-49(55)50-28-14-17-31-56(50)61)63(44-23-9-3-10-24-44)48-35-38-54-53-29-15-18-32-59(53)64(60(54)41-48)45-25-11-4-12-26-45/h1-39,41,47H,40H2. The highest BCUT2D eigenvalue weighted by molar-refractivity contribution is 6.10. The van der Waals surface area contributed by atoms with E-state index in [0.717, 1.165) is 34.9 Å². The summed E-state index contributed by atoms with van der Waals surface area (Å²) in [6.07, 6.45) is 5.75. The van der Waals surface area contributed by atoms with E-state index in [2.05, 4.69) is 257 Å². The first-order valence-corrected chi connectivity index (χ1v) is 22.4.